The lowest BCUT2D eigenvalue weighted by Crippen LogP contribution is -2.09. The minimum absolute atomic E-state index is 0.150. The van der Waals surface area contributed by atoms with Gasteiger partial charge in [-0.25, -0.2) is 4.98 Å². The summed E-state index contributed by atoms with van der Waals surface area (Å²) in [5, 5.41) is 0.532. The summed E-state index contributed by atoms with van der Waals surface area (Å²) in [6.07, 6.45) is -2.41. The highest BCUT2D eigenvalue weighted by molar-refractivity contribution is 7.99. The number of nitrogens with zero attached hydrogens (tertiary/aromatic N) is 1. The lowest BCUT2D eigenvalue weighted by molar-refractivity contribution is -0.139. The van der Waals surface area contributed by atoms with E-state index in [4.69, 9.17) is 5.73 Å². The van der Waals surface area contributed by atoms with Gasteiger partial charge in [-0.15, -0.1) is 0 Å². The van der Waals surface area contributed by atoms with Crippen molar-refractivity contribution < 1.29 is 13.2 Å². The summed E-state index contributed by atoms with van der Waals surface area (Å²) in [5.74, 6) is 0. The number of halogens is 3. The number of nitrogens with two attached hydrogens (primary N) is 1. The van der Waals surface area contributed by atoms with Crippen LogP contribution in [0.5, 0.6) is 0 Å². The van der Waals surface area contributed by atoms with E-state index in [0.717, 1.165) is 17.8 Å². The molecule has 6 heteroatoms. The van der Waals surface area contributed by atoms with Crippen LogP contribution in [-0.4, -0.2) is 11.5 Å². The Balaban J connectivity index is 2.37. The second kappa shape index (κ2) is 6.28. The summed E-state index contributed by atoms with van der Waals surface area (Å²) < 4.78 is 39.3. The first-order chi connectivity index (χ1) is 9.50. The van der Waals surface area contributed by atoms with Gasteiger partial charge in [-0.3, -0.25) is 0 Å². The molecule has 0 radical (unpaired) electrons. The number of pyridine rings is 1. The number of aromatic nitrogens is 1. The van der Waals surface area contributed by atoms with E-state index in [2.05, 4.69) is 4.98 Å². The van der Waals surface area contributed by atoms with Crippen LogP contribution in [0.15, 0.2) is 52.5 Å². The maximum atomic E-state index is 13.1. The third kappa shape index (κ3) is 3.74. The molecule has 0 aliphatic heterocycles. The quantitative estimate of drug-likeness (QED) is 0.934. The first-order valence-electron chi connectivity index (χ1n) is 6.00. The molecule has 0 bridgehead atoms. The fourth-order valence-corrected chi connectivity index (χ4v) is 2.64. The van der Waals surface area contributed by atoms with Gasteiger partial charge >= 0.3 is 6.18 Å². The summed E-state index contributed by atoms with van der Waals surface area (Å²) in [4.78, 5) is 4.18. The van der Waals surface area contributed by atoms with Crippen LogP contribution < -0.4 is 5.73 Å². The molecule has 0 unspecified atom stereocenters. The van der Waals surface area contributed by atoms with Gasteiger partial charge in [0.25, 0.3) is 0 Å². The maximum Gasteiger partial charge on any atom is 0.417 e. The van der Waals surface area contributed by atoms with E-state index in [1.165, 1.54) is 6.07 Å². The lowest BCUT2D eigenvalue weighted by Gasteiger charge is -2.13. The van der Waals surface area contributed by atoms with Gasteiger partial charge < -0.3 is 5.73 Å². The van der Waals surface area contributed by atoms with E-state index in [1.54, 1.807) is 30.5 Å². The van der Waals surface area contributed by atoms with Crippen molar-refractivity contribution in [2.24, 2.45) is 5.73 Å². The molecule has 0 aliphatic rings. The van der Waals surface area contributed by atoms with Crippen molar-refractivity contribution >= 4 is 11.8 Å². The van der Waals surface area contributed by atoms with Gasteiger partial charge in [0.2, 0.25) is 0 Å². The Morgan fingerprint density at radius 3 is 2.55 bits per heavy atom. The van der Waals surface area contributed by atoms with Gasteiger partial charge in [0.15, 0.2) is 0 Å². The molecule has 0 atom stereocenters. The predicted molar refractivity (Wildman–Crippen MR) is 72.6 cm³/mol. The summed E-state index contributed by atoms with van der Waals surface area (Å²) in [6, 6.07) is 9.46. The molecular formula is C14H13F3N2S. The minimum atomic E-state index is -4.39. The molecular weight excluding hydrogens is 285 g/mol. The summed E-state index contributed by atoms with van der Waals surface area (Å²) in [5.41, 5.74) is 5.33. The van der Waals surface area contributed by atoms with E-state index in [0.29, 0.717) is 23.6 Å². The molecule has 106 valence electrons. The van der Waals surface area contributed by atoms with Crippen molar-refractivity contribution in [3.63, 3.8) is 0 Å². The maximum absolute atomic E-state index is 13.1. The molecule has 0 amide bonds. The fourth-order valence-electron chi connectivity index (χ4n) is 1.73. The van der Waals surface area contributed by atoms with Crippen molar-refractivity contribution in [2.75, 3.05) is 6.54 Å². The zero-order valence-electron chi connectivity index (χ0n) is 10.5. The number of hydrogen-bond donors (Lipinski definition) is 1. The van der Waals surface area contributed by atoms with Gasteiger partial charge in [0.1, 0.15) is 5.03 Å². The van der Waals surface area contributed by atoms with Crippen LogP contribution in [0.25, 0.3) is 0 Å². The highest BCUT2D eigenvalue weighted by Crippen LogP contribution is 2.39. The summed E-state index contributed by atoms with van der Waals surface area (Å²) >= 11 is 1.01. The first kappa shape index (κ1) is 14.9. The van der Waals surface area contributed by atoms with Crippen molar-refractivity contribution in [3.05, 3.63) is 53.7 Å². The van der Waals surface area contributed by atoms with Crippen LogP contribution in [-0.2, 0) is 12.6 Å². The van der Waals surface area contributed by atoms with Crippen LogP contribution >= 0.6 is 11.8 Å². The number of alkyl halides is 3. The molecule has 1 heterocycles. The Morgan fingerprint density at radius 2 is 1.95 bits per heavy atom. The van der Waals surface area contributed by atoms with Gasteiger partial charge in [0, 0.05) is 11.1 Å². The molecule has 0 saturated heterocycles. The molecule has 2 nitrogen and oxygen atoms in total. The molecule has 1 aromatic carbocycles. The van der Waals surface area contributed by atoms with Crippen LogP contribution in [0.3, 0.4) is 0 Å². The Kier molecular flexibility index (Phi) is 4.67. The van der Waals surface area contributed by atoms with Crippen LogP contribution in [0.1, 0.15) is 11.1 Å². The van der Waals surface area contributed by atoms with Gasteiger partial charge in [-0.1, -0.05) is 23.9 Å². The Hall–Kier alpha value is -1.53. The Bertz CT molecular complexity index is 570. The molecule has 2 rings (SSSR count). The van der Waals surface area contributed by atoms with Gasteiger partial charge in [-0.2, -0.15) is 13.2 Å². The van der Waals surface area contributed by atoms with Crippen LogP contribution in [0.2, 0.25) is 0 Å². The number of benzene rings is 1. The smallest absolute Gasteiger partial charge is 0.330 e. The van der Waals surface area contributed by atoms with Crippen molar-refractivity contribution in [3.8, 4) is 0 Å². The first-order valence-corrected chi connectivity index (χ1v) is 6.81. The van der Waals surface area contributed by atoms with Gasteiger partial charge in [0.05, 0.1) is 5.56 Å². The molecule has 2 aromatic rings. The second-order valence-electron chi connectivity index (χ2n) is 4.14. The summed E-state index contributed by atoms with van der Waals surface area (Å²) in [6.45, 7) is 0.323. The standard InChI is InChI=1S/C14H13F3N2S/c15-14(16,17)11-9-10(6-7-18)4-5-12(11)20-13-3-1-2-8-19-13/h1-5,8-9H,6-7,18H2. The summed E-state index contributed by atoms with van der Waals surface area (Å²) in [7, 11) is 0. The zero-order valence-corrected chi connectivity index (χ0v) is 11.3. The third-order valence-electron chi connectivity index (χ3n) is 2.63. The van der Waals surface area contributed by atoms with Crippen molar-refractivity contribution in [1.82, 2.24) is 4.98 Å². The largest absolute Gasteiger partial charge is 0.417 e. The molecule has 0 fully saturated rings. The van der Waals surface area contributed by atoms with E-state index in [-0.39, 0.29) is 4.90 Å². The van der Waals surface area contributed by atoms with Crippen LogP contribution in [0.4, 0.5) is 13.2 Å². The molecule has 1 aromatic heterocycles. The highest BCUT2D eigenvalue weighted by Gasteiger charge is 2.34. The van der Waals surface area contributed by atoms with Crippen molar-refractivity contribution in [1.29, 1.82) is 0 Å². The molecule has 0 saturated carbocycles. The van der Waals surface area contributed by atoms with E-state index >= 15 is 0 Å². The molecule has 20 heavy (non-hydrogen) atoms. The zero-order chi connectivity index (χ0) is 14.6. The lowest BCUT2D eigenvalue weighted by atomic mass is 10.1. The number of rotatable bonds is 4. The predicted octanol–water partition coefficient (Wildman–Crippen LogP) is 3.75. The minimum Gasteiger partial charge on any atom is -0.330 e. The van der Waals surface area contributed by atoms with Crippen molar-refractivity contribution in [2.45, 2.75) is 22.5 Å². The molecule has 0 aliphatic carbocycles. The van der Waals surface area contributed by atoms with Gasteiger partial charge in [-0.05, 0) is 42.8 Å². The average Bonchev–Trinajstić information content (AvgIpc) is 2.41. The van der Waals surface area contributed by atoms with Crippen LogP contribution in [0, 0.1) is 0 Å². The van der Waals surface area contributed by atoms with E-state index in [1.807, 2.05) is 0 Å². The van der Waals surface area contributed by atoms with E-state index < -0.39 is 11.7 Å². The topological polar surface area (TPSA) is 38.9 Å². The third-order valence-corrected chi connectivity index (χ3v) is 3.66. The average molecular weight is 298 g/mol. The normalized spacial score (nSPS) is 11.6. The Labute approximate surface area is 119 Å². The fraction of sp³-hybridized carbons (Fsp3) is 0.214. The molecule has 2 N–H and O–H groups in total. The second-order valence-corrected chi connectivity index (χ2v) is 5.20. The highest BCUT2D eigenvalue weighted by atomic mass is 32.2. The van der Waals surface area contributed by atoms with E-state index in [9.17, 15) is 13.2 Å². The molecule has 0 spiro atoms. The monoisotopic (exact) mass is 298 g/mol. The number of hydrogen-bond acceptors (Lipinski definition) is 3. The Morgan fingerprint density at radius 1 is 1.15 bits per heavy atom. The SMILES string of the molecule is NCCc1ccc(Sc2ccccn2)c(C(F)(F)F)c1.